The summed E-state index contributed by atoms with van der Waals surface area (Å²) in [7, 11) is 0. The molecule has 0 aliphatic rings. The van der Waals surface area contributed by atoms with Gasteiger partial charge in [0.1, 0.15) is 0 Å². The summed E-state index contributed by atoms with van der Waals surface area (Å²) >= 11 is 0. The van der Waals surface area contributed by atoms with Gasteiger partial charge in [-0.2, -0.15) is 0 Å². The van der Waals surface area contributed by atoms with Gasteiger partial charge in [0.15, 0.2) is 0 Å². The van der Waals surface area contributed by atoms with Crippen molar-refractivity contribution < 1.29 is 0 Å². The van der Waals surface area contributed by atoms with E-state index in [0.717, 1.165) is 5.92 Å². The van der Waals surface area contributed by atoms with Gasteiger partial charge in [-0.05, 0) is 24.7 Å². The lowest BCUT2D eigenvalue weighted by atomic mass is 9.79. The molecule has 0 amide bonds. The van der Waals surface area contributed by atoms with Gasteiger partial charge in [0.25, 0.3) is 0 Å². The molecule has 0 radical (unpaired) electrons. The maximum atomic E-state index is 3.98. The molecule has 0 heterocycles. The smallest absolute Gasteiger partial charge is 0.0148 e. The lowest BCUT2D eigenvalue weighted by molar-refractivity contribution is 0.346. The Morgan fingerprint density at radius 3 is 1.90 bits per heavy atom. The quantitative estimate of drug-likeness (QED) is 0.525. The second-order valence-electron chi connectivity index (χ2n) is 4.26. The zero-order valence-corrected chi connectivity index (χ0v) is 7.99. The van der Waals surface area contributed by atoms with Crippen molar-refractivity contribution in [3.63, 3.8) is 0 Å². The first-order valence-corrected chi connectivity index (χ1v) is 4.02. The Bertz CT molecular complexity index is 118. The third kappa shape index (κ3) is 3.05. The van der Waals surface area contributed by atoms with E-state index >= 15 is 0 Å². The largest absolute Gasteiger partial charge is 0.0996 e. The van der Waals surface area contributed by atoms with Gasteiger partial charge >= 0.3 is 0 Å². The highest BCUT2D eigenvalue weighted by molar-refractivity contribution is 5.02. The van der Waals surface area contributed by atoms with Crippen LogP contribution >= 0.6 is 0 Å². The summed E-state index contributed by atoms with van der Waals surface area (Å²) in [6.07, 6.45) is 1.24. The van der Waals surface area contributed by atoms with Crippen molar-refractivity contribution in [1.82, 2.24) is 0 Å². The molecule has 0 aliphatic carbocycles. The average molecular weight is 140 g/mol. The lowest BCUT2D eigenvalue weighted by Crippen LogP contribution is -2.14. The van der Waals surface area contributed by atoms with Crippen LogP contribution in [0.2, 0.25) is 0 Å². The number of rotatable bonds is 3. The molecule has 0 aromatic carbocycles. The fourth-order valence-corrected chi connectivity index (χ4v) is 1.19. The third-order valence-electron chi connectivity index (χ3n) is 2.07. The number of hydrogen-bond donors (Lipinski definition) is 0. The zero-order valence-electron chi connectivity index (χ0n) is 7.99. The molecule has 0 aromatic rings. The second-order valence-corrected chi connectivity index (χ2v) is 4.26. The van der Waals surface area contributed by atoms with E-state index in [-0.39, 0.29) is 0 Å². The molecule has 0 saturated heterocycles. The van der Waals surface area contributed by atoms with E-state index in [1.807, 2.05) is 0 Å². The van der Waals surface area contributed by atoms with Gasteiger partial charge < -0.3 is 0 Å². The molecule has 0 heteroatoms. The highest BCUT2D eigenvalue weighted by Gasteiger charge is 2.19. The molecule has 0 bridgehead atoms. The van der Waals surface area contributed by atoms with Crippen LogP contribution < -0.4 is 0 Å². The molecule has 0 N–H and O–H groups in total. The Kier molecular flexibility index (Phi) is 3.14. The summed E-state index contributed by atoms with van der Waals surface area (Å²) in [5, 5.41) is 0. The van der Waals surface area contributed by atoms with E-state index in [2.05, 4.69) is 41.2 Å². The van der Waals surface area contributed by atoms with E-state index in [9.17, 15) is 0 Å². The molecule has 0 saturated carbocycles. The lowest BCUT2D eigenvalue weighted by Gasteiger charge is -2.26. The Morgan fingerprint density at radius 2 is 1.80 bits per heavy atom. The van der Waals surface area contributed by atoms with Gasteiger partial charge in [0, 0.05) is 0 Å². The van der Waals surface area contributed by atoms with Gasteiger partial charge in [-0.3, -0.25) is 0 Å². The molecule has 0 unspecified atom stereocenters. The minimum atomic E-state index is 0.328. The van der Waals surface area contributed by atoms with Gasteiger partial charge in [-0.15, -0.1) is 0 Å². The molecule has 0 aliphatic heterocycles. The fourth-order valence-electron chi connectivity index (χ4n) is 1.19. The van der Waals surface area contributed by atoms with Crippen molar-refractivity contribution in [1.29, 1.82) is 0 Å². The molecule has 0 nitrogen and oxygen atoms in total. The fraction of sp³-hybridized carbons (Fsp3) is 0.800. The predicted octanol–water partition coefficient (Wildman–Crippen LogP) is 3.63. The normalized spacial score (nSPS) is 12.2. The summed E-state index contributed by atoms with van der Waals surface area (Å²) in [5.41, 5.74) is 1.62. The molecule has 0 atom stereocenters. The van der Waals surface area contributed by atoms with E-state index < -0.39 is 0 Å². The maximum absolute atomic E-state index is 3.98. The predicted molar refractivity (Wildman–Crippen MR) is 48.1 cm³/mol. The highest BCUT2D eigenvalue weighted by atomic mass is 14.2. The van der Waals surface area contributed by atoms with Crippen LogP contribution in [0.25, 0.3) is 0 Å². The van der Waals surface area contributed by atoms with Crippen molar-refractivity contribution in [3.8, 4) is 0 Å². The average Bonchev–Trinajstić information content (AvgIpc) is 1.60. The van der Waals surface area contributed by atoms with E-state index in [1.54, 1.807) is 0 Å². The van der Waals surface area contributed by atoms with Crippen LogP contribution in [-0.4, -0.2) is 0 Å². The van der Waals surface area contributed by atoms with Crippen molar-refractivity contribution in [2.75, 3.05) is 0 Å². The standard InChI is InChI=1S/C10H20/c1-8(2)7-10(5,6)9(3)4/h8H,3,7H2,1-2,4-6H3. The first kappa shape index (κ1) is 9.74. The van der Waals surface area contributed by atoms with E-state index in [4.69, 9.17) is 0 Å². The third-order valence-corrected chi connectivity index (χ3v) is 2.07. The summed E-state index contributed by atoms with van der Waals surface area (Å²) in [6, 6.07) is 0. The van der Waals surface area contributed by atoms with Crippen molar-refractivity contribution in [3.05, 3.63) is 12.2 Å². The van der Waals surface area contributed by atoms with E-state index in [1.165, 1.54) is 12.0 Å². The first-order valence-electron chi connectivity index (χ1n) is 4.02. The van der Waals surface area contributed by atoms with Crippen molar-refractivity contribution in [2.24, 2.45) is 11.3 Å². The number of hydrogen-bond acceptors (Lipinski definition) is 0. The van der Waals surface area contributed by atoms with Crippen LogP contribution in [0, 0.1) is 11.3 Å². The van der Waals surface area contributed by atoms with Crippen LogP contribution in [0.15, 0.2) is 12.2 Å². The molecule has 10 heavy (non-hydrogen) atoms. The minimum Gasteiger partial charge on any atom is -0.0996 e. The van der Waals surface area contributed by atoms with Gasteiger partial charge in [0.05, 0.1) is 0 Å². The summed E-state index contributed by atoms with van der Waals surface area (Å²) in [5.74, 6) is 0.770. The molecule has 0 spiro atoms. The molecular formula is C10H20. The molecule has 60 valence electrons. The number of allylic oxidation sites excluding steroid dienone is 1. The molecular weight excluding hydrogens is 120 g/mol. The summed E-state index contributed by atoms with van der Waals surface area (Å²) < 4.78 is 0. The summed E-state index contributed by atoms with van der Waals surface area (Å²) in [6.45, 7) is 15.1. The monoisotopic (exact) mass is 140 g/mol. The van der Waals surface area contributed by atoms with Crippen molar-refractivity contribution in [2.45, 2.75) is 41.0 Å². The van der Waals surface area contributed by atoms with Gasteiger partial charge in [-0.1, -0.05) is 39.8 Å². The molecule has 0 rings (SSSR count). The Hall–Kier alpha value is -0.260. The van der Waals surface area contributed by atoms with Gasteiger partial charge in [0.2, 0.25) is 0 Å². The SMILES string of the molecule is C=C(C)C(C)(C)CC(C)C. The first-order chi connectivity index (χ1) is 4.36. The minimum absolute atomic E-state index is 0.328. The van der Waals surface area contributed by atoms with Crippen LogP contribution in [0.1, 0.15) is 41.0 Å². The van der Waals surface area contributed by atoms with Crippen LogP contribution in [0.3, 0.4) is 0 Å². The highest BCUT2D eigenvalue weighted by Crippen LogP contribution is 2.31. The summed E-state index contributed by atoms with van der Waals surface area (Å²) in [4.78, 5) is 0. The molecule has 0 aromatic heterocycles. The Labute approximate surface area is 65.3 Å². The molecule has 0 fully saturated rings. The van der Waals surface area contributed by atoms with Gasteiger partial charge in [-0.25, -0.2) is 0 Å². The van der Waals surface area contributed by atoms with E-state index in [0.29, 0.717) is 5.41 Å². The Balaban J connectivity index is 4.00. The maximum Gasteiger partial charge on any atom is -0.0148 e. The zero-order chi connectivity index (χ0) is 8.36. The van der Waals surface area contributed by atoms with Crippen molar-refractivity contribution >= 4 is 0 Å². The topological polar surface area (TPSA) is 0 Å². The van der Waals surface area contributed by atoms with Crippen LogP contribution in [-0.2, 0) is 0 Å². The van der Waals surface area contributed by atoms with Crippen LogP contribution in [0.5, 0.6) is 0 Å². The Morgan fingerprint density at radius 1 is 1.40 bits per heavy atom. The second kappa shape index (κ2) is 3.23. The van der Waals surface area contributed by atoms with Crippen LogP contribution in [0.4, 0.5) is 0 Å².